The Morgan fingerprint density at radius 1 is 1.38 bits per heavy atom. The molecule has 0 fully saturated rings. The highest BCUT2D eigenvalue weighted by Gasteiger charge is 2.18. The molecule has 2 heterocycles. The highest BCUT2D eigenvalue weighted by molar-refractivity contribution is 7.98. The van der Waals surface area contributed by atoms with Gasteiger partial charge in [0.2, 0.25) is 0 Å². The van der Waals surface area contributed by atoms with Crippen LogP contribution in [0.25, 0.3) is 22.6 Å². The summed E-state index contributed by atoms with van der Waals surface area (Å²) in [7, 11) is 1.57. The summed E-state index contributed by atoms with van der Waals surface area (Å²) in [5.74, 6) is 3.40. The van der Waals surface area contributed by atoms with E-state index in [2.05, 4.69) is 10.1 Å². The van der Waals surface area contributed by atoms with E-state index in [1.165, 1.54) is 0 Å². The van der Waals surface area contributed by atoms with Gasteiger partial charge in [-0.05, 0) is 18.4 Å². The Morgan fingerprint density at radius 3 is 2.92 bits per heavy atom. The fourth-order valence-corrected chi connectivity index (χ4v) is 3.07. The number of ether oxygens (including phenoxy) is 1. The number of furan rings is 1. The number of methoxy groups -OCH3 is 1. The van der Waals surface area contributed by atoms with Crippen molar-refractivity contribution in [3.63, 3.8) is 0 Å². The van der Waals surface area contributed by atoms with Crippen molar-refractivity contribution in [2.75, 3.05) is 25.7 Å². The smallest absolute Gasteiger partial charge is 0.194 e. The van der Waals surface area contributed by atoms with Crippen LogP contribution in [0.2, 0.25) is 5.02 Å². The Balaban J connectivity index is 2.07. The number of aryl methyl sites for hydroxylation is 1. The summed E-state index contributed by atoms with van der Waals surface area (Å²) in [6.07, 6.45) is 2.81. The summed E-state index contributed by atoms with van der Waals surface area (Å²) in [6, 6.07) is 5.38. The molecule has 0 aliphatic rings. The molecule has 3 rings (SSSR count). The molecule has 8 heteroatoms. The van der Waals surface area contributed by atoms with E-state index in [0.717, 1.165) is 23.4 Å². The van der Waals surface area contributed by atoms with Crippen LogP contribution in [-0.2, 0) is 13.0 Å². The number of rotatable bonds is 7. The molecule has 0 aliphatic heterocycles. The van der Waals surface area contributed by atoms with Gasteiger partial charge in [0.25, 0.3) is 0 Å². The van der Waals surface area contributed by atoms with Crippen LogP contribution in [0.4, 0.5) is 0 Å². The molecule has 3 aromatic rings. The Kier molecular flexibility index (Phi) is 5.33. The average Bonchev–Trinajstić information content (AvgIpc) is 3.16. The highest BCUT2D eigenvalue weighted by Crippen LogP contribution is 2.35. The van der Waals surface area contributed by atoms with Crippen molar-refractivity contribution in [1.82, 2.24) is 14.8 Å². The second kappa shape index (κ2) is 7.46. The minimum absolute atomic E-state index is 0.0201. The molecule has 2 aromatic heterocycles. The maximum atomic E-state index is 9.27. The van der Waals surface area contributed by atoms with Crippen LogP contribution in [0, 0.1) is 0 Å². The molecular formula is C16H18ClN3O3S. The standard InChI is InChI=1S/C16H18ClN3O3S/c1-22-12-9-11(17)7-10-8-13(23-15(10)12)16-18-14(3-6-24-2)19-20(16)4-5-21/h7-9,21H,3-6H2,1-2H3. The lowest BCUT2D eigenvalue weighted by atomic mass is 10.2. The lowest BCUT2D eigenvalue weighted by Gasteiger charge is -2.01. The third kappa shape index (κ3) is 3.38. The predicted octanol–water partition coefficient (Wildman–Crippen LogP) is 3.25. The quantitative estimate of drug-likeness (QED) is 0.691. The van der Waals surface area contributed by atoms with Gasteiger partial charge in [-0.3, -0.25) is 0 Å². The van der Waals surface area contributed by atoms with E-state index in [9.17, 15) is 5.11 Å². The van der Waals surface area contributed by atoms with Crippen molar-refractivity contribution >= 4 is 34.3 Å². The van der Waals surface area contributed by atoms with Gasteiger partial charge in [-0.1, -0.05) is 11.6 Å². The van der Waals surface area contributed by atoms with Crippen molar-refractivity contribution < 1.29 is 14.3 Å². The molecule has 0 unspecified atom stereocenters. The highest BCUT2D eigenvalue weighted by atomic mass is 35.5. The van der Waals surface area contributed by atoms with E-state index in [0.29, 0.717) is 34.5 Å². The minimum Gasteiger partial charge on any atom is -0.493 e. The van der Waals surface area contributed by atoms with Crippen LogP contribution in [0.1, 0.15) is 5.82 Å². The monoisotopic (exact) mass is 367 g/mol. The van der Waals surface area contributed by atoms with E-state index >= 15 is 0 Å². The zero-order valence-electron chi connectivity index (χ0n) is 13.5. The van der Waals surface area contributed by atoms with Gasteiger partial charge < -0.3 is 14.3 Å². The molecule has 128 valence electrons. The van der Waals surface area contributed by atoms with Gasteiger partial charge in [0.15, 0.2) is 28.7 Å². The van der Waals surface area contributed by atoms with Crippen LogP contribution in [-0.4, -0.2) is 45.6 Å². The predicted molar refractivity (Wildman–Crippen MR) is 96.0 cm³/mol. The van der Waals surface area contributed by atoms with Gasteiger partial charge in [0.1, 0.15) is 0 Å². The van der Waals surface area contributed by atoms with E-state index < -0.39 is 0 Å². The molecule has 1 aromatic carbocycles. The van der Waals surface area contributed by atoms with E-state index in [-0.39, 0.29) is 6.61 Å². The van der Waals surface area contributed by atoms with Crippen LogP contribution in [0.15, 0.2) is 22.6 Å². The SMILES string of the molecule is COc1cc(Cl)cc2cc(-c3nc(CCSC)nn3CCO)oc12. The summed E-state index contributed by atoms with van der Waals surface area (Å²) < 4.78 is 12.9. The molecule has 0 spiro atoms. The molecule has 6 nitrogen and oxygen atoms in total. The fourth-order valence-electron chi connectivity index (χ4n) is 2.47. The van der Waals surface area contributed by atoms with Gasteiger partial charge >= 0.3 is 0 Å². The number of nitrogens with zero attached hydrogens (tertiary/aromatic N) is 3. The molecule has 1 N–H and O–H groups in total. The minimum atomic E-state index is -0.0201. The number of aromatic nitrogens is 3. The normalized spacial score (nSPS) is 11.3. The Labute approximate surface area is 148 Å². The van der Waals surface area contributed by atoms with Crippen molar-refractivity contribution in [2.24, 2.45) is 0 Å². The fraction of sp³-hybridized carbons (Fsp3) is 0.375. The van der Waals surface area contributed by atoms with Crippen LogP contribution < -0.4 is 4.74 Å². The zero-order valence-corrected chi connectivity index (χ0v) is 15.0. The summed E-state index contributed by atoms with van der Waals surface area (Å²) in [5, 5.41) is 15.1. The van der Waals surface area contributed by atoms with Crippen LogP contribution in [0.3, 0.4) is 0 Å². The summed E-state index contributed by atoms with van der Waals surface area (Å²) >= 11 is 7.85. The molecule has 0 radical (unpaired) electrons. The van der Waals surface area contributed by atoms with Crippen LogP contribution in [0.5, 0.6) is 5.75 Å². The Hall–Kier alpha value is -1.70. The number of aliphatic hydroxyl groups is 1. The number of benzene rings is 1. The molecule has 0 saturated carbocycles. The first-order valence-electron chi connectivity index (χ1n) is 7.47. The Morgan fingerprint density at radius 2 is 2.21 bits per heavy atom. The van der Waals surface area contributed by atoms with Gasteiger partial charge in [-0.25, -0.2) is 9.67 Å². The van der Waals surface area contributed by atoms with Gasteiger partial charge in [0, 0.05) is 28.6 Å². The maximum absolute atomic E-state index is 9.27. The second-order valence-electron chi connectivity index (χ2n) is 5.18. The molecule has 0 atom stereocenters. The average molecular weight is 368 g/mol. The summed E-state index contributed by atoms with van der Waals surface area (Å²) in [5.41, 5.74) is 0.612. The van der Waals surface area contributed by atoms with Crippen molar-refractivity contribution in [1.29, 1.82) is 0 Å². The molecule has 24 heavy (non-hydrogen) atoms. The van der Waals surface area contributed by atoms with Crippen molar-refractivity contribution in [2.45, 2.75) is 13.0 Å². The van der Waals surface area contributed by atoms with E-state index in [1.807, 2.05) is 18.4 Å². The zero-order chi connectivity index (χ0) is 17.1. The number of halogens is 1. The number of hydrogen-bond donors (Lipinski definition) is 1. The van der Waals surface area contributed by atoms with Gasteiger partial charge in [0.05, 0.1) is 20.3 Å². The molecule has 0 saturated heterocycles. The first kappa shape index (κ1) is 17.1. The topological polar surface area (TPSA) is 73.3 Å². The largest absolute Gasteiger partial charge is 0.493 e. The number of fused-ring (bicyclic) bond motifs is 1. The molecule has 0 bridgehead atoms. The van der Waals surface area contributed by atoms with Crippen LogP contribution >= 0.6 is 23.4 Å². The van der Waals surface area contributed by atoms with E-state index in [4.69, 9.17) is 20.8 Å². The Bertz CT molecular complexity index is 847. The van der Waals surface area contributed by atoms with Gasteiger partial charge in [-0.15, -0.1) is 0 Å². The lowest BCUT2D eigenvalue weighted by Crippen LogP contribution is -2.06. The van der Waals surface area contributed by atoms with Crippen molar-refractivity contribution in [3.05, 3.63) is 29.0 Å². The van der Waals surface area contributed by atoms with E-state index in [1.54, 1.807) is 29.6 Å². The number of thioether (sulfide) groups is 1. The number of hydrogen-bond acceptors (Lipinski definition) is 6. The third-order valence-electron chi connectivity index (χ3n) is 3.54. The molecule has 0 aliphatic carbocycles. The summed E-state index contributed by atoms with van der Waals surface area (Å²) in [6.45, 7) is 0.338. The lowest BCUT2D eigenvalue weighted by molar-refractivity contribution is 0.269. The van der Waals surface area contributed by atoms with Gasteiger partial charge in [-0.2, -0.15) is 16.9 Å². The first-order valence-corrected chi connectivity index (χ1v) is 9.24. The molecule has 0 amide bonds. The molecular weight excluding hydrogens is 350 g/mol. The maximum Gasteiger partial charge on any atom is 0.194 e. The first-order chi connectivity index (χ1) is 11.7. The third-order valence-corrected chi connectivity index (χ3v) is 4.38. The second-order valence-corrected chi connectivity index (χ2v) is 6.60. The van der Waals surface area contributed by atoms with Crippen molar-refractivity contribution in [3.8, 4) is 17.3 Å². The summed E-state index contributed by atoms with van der Waals surface area (Å²) in [4.78, 5) is 4.57. The number of aliphatic hydroxyl groups excluding tert-OH is 1.